The standard InChI is InChI=1S/C8H9F3N2O/c9-7-4(3-14)2-13-5(1-12)6(7)8(10)11/h2,8,14H,1,3,12H2. The van der Waals surface area contributed by atoms with Crippen LogP contribution >= 0.6 is 0 Å². The Labute approximate surface area is 78.4 Å². The summed E-state index contributed by atoms with van der Waals surface area (Å²) in [6, 6.07) is 0. The van der Waals surface area contributed by atoms with Crippen molar-refractivity contribution in [2.45, 2.75) is 19.6 Å². The highest BCUT2D eigenvalue weighted by molar-refractivity contribution is 5.28. The van der Waals surface area contributed by atoms with Crippen LogP contribution in [0.3, 0.4) is 0 Å². The molecular weight excluding hydrogens is 197 g/mol. The van der Waals surface area contributed by atoms with Crippen LogP contribution in [-0.4, -0.2) is 10.1 Å². The van der Waals surface area contributed by atoms with Crippen LogP contribution in [0.15, 0.2) is 6.20 Å². The lowest BCUT2D eigenvalue weighted by Gasteiger charge is -2.09. The highest BCUT2D eigenvalue weighted by Gasteiger charge is 2.21. The van der Waals surface area contributed by atoms with Gasteiger partial charge in [0.2, 0.25) is 0 Å². The summed E-state index contributed by atoms with van der Waals surface area (Å²) in [6.07, 6.45) is -1.98. The van der Waals surface area contributed by atoms with E-state index in [1.54, 1.807) is 0 Å². The molecular formula is C8H9F3N2O. The molecule has 0 fully saturated rings. The lowest BCUT2D eigenvalue weighted by molar-refractivity contribution is 0.143. The molecule has 0 aromatic carbocycles. The molecule has 0 amide bonds. The highest BCUT2D eigenvalue weighted by atomic mass is 19.3. The molecule has 3 N–H and O–H groups in total. The second kappa shape index (κ2) is 4.39. The fourth-order valence-electron chi connectivity index (χ4n) is 1.08. The summed E-state index contributed by atoms with van der Waals surface area (Å²) in [4.78, 5) is 3.55. The van der Waals surface area contributed by atoms with Gasteiger partial charge in [0.1, 0.15) is 5.82 Å². The van der Waals surface area contributed by atoms with Crippen LogP contribution < -0.4 is 5.73 Å². The molecule has 1 aromatic heterocycles. The number of pyridine rings is 1. The Bertz CT molecular complexity index is 331. The summed E-state index contributed by atoms with van der Waals surface area (Å²) in [5.74, 6) is -1.13. The van der Waals surface area contributed by atoms with Gasteiger partial charge >= 0.3 is 0 Å². The molecule has 0 saturated carbocycles. The Hall–Kier alpha value is -1.14. The summed E-state index contributed by atoms with van der Waals surface area (Å²) in [7, 11) is 0. The van der Waals surface area contributed by atoms with Crippen LogP contribution in [0.1, 0.15) is 23.2 Å². The van der Waals surface area contributed by atoms with Crippen LogP contribution in [0, 0.1) is 5.82 Å². The van der Waals surface area contributed by atoms with E-state index in [0.717, 1.165) is 6.20 Å². The van der Waals surface area contributed by atoms with E-state index in [1.807, 2.05) is 0 Å². The average molecular weight is 206 g/mol. The van der Waals surface area contributed by atoms with E-state index in [9.17, 15) is 13.2 Å². The topological polar surface area (TPSA) is 59.1 Å². The van der Waals surface area contributed by atoms with E-state index >= 15 is 0 Å². The van der Waals surface area contributed by atoms with Gasteiger partial charge < -0.3 is 10.8 Å². The molecule has 0 aliphatic heterocycles. The predicted octanol–water partition coefficient (Wildman–Crippen LogP) is 1.11. The number of nitrogens with two attached hydrogens (primary N) is 1. The highest BCUT2D eigenvalue weighted by Crippen LogP contribution is 2.26. The van der Waals surface area contributed by atoms with Gasteiger partial charge in [0.15, 0.2) is 0 Å². The predicted molar refractivity (Wildman–Crippen MR) is 43.0 cm³/mol. The molecule has 3 nitrogen and oxygen atoms in total. The van der Waals surface area contributed by atoms with Gasteiger partial charge in [-0.2, -0.15) is 0 Å². The smallest absolute Gasteiger partial charge is 0.268 e. The van der Waals surface area contributed by atoms with Crippen molar-refractivity contribution in [3.05, 3.63) is 28.8 Å². The molecule has 0 radical (unpaired) electrons. The van der Waals surface area contributed by atoms with Crippen LogP contribution in [0.2, 0.25) is 0 Å². The number of aromatic nitrogens is 1. The molecule has 0 unspecified atom stereocenters. The van der Waals surface area contributed by atoms with Gasteiger partial charge in [0.05, 0.1) is 17.9 Å². The minimum absolute atomic E-state index is 0.185. The van der Waals surface area contributed by atoms with Crippen molar-refractivity contribution >= 4 is 0 Å². The van der Waals surface area contributed by atoms with E-state index in [-0.39, 0.29) is 17.8 Å². The quantitative estimate of drug-likeness (QED) is 0.778. The molecule has 0 aliphatic rings. The largest absolute Gasteiger partial charge is 0.392 e. The molecule has 14 heavy (non-hydrogen) atoms. The Morgan fingerprint density at radius 3 is 2.57 bits per heavy atom. The number of nitrogens with zero attached hydrogens (tertiary/aromatic N) is 1. The normalized spacial score (nSPS) is 11.0. The number of halogens is 3. The van der Waals surface area contributed by atoms with Crippen LogP contribution in [-0.2, 0) is 13.2 Å². The van der Waals surface area contributed by atoms with Gasteiger partial charge in [-0.25, -0.2) is 13.2 Å². The van der Waals surface area contributed by atoms with Gasteiger partial charge in [-0.3, -0.25) is 4.98 Å². The Kier molecular flexibility index (Phi) is 3.43. The van der Waals surface area contributed by atoms with Crippen LogP contribution in [0.5, 0.6) is 0 Å². The van der Waals surface area contributed by atoms with Crippen molar-refractivity contribution in [1.82, 2.24) is 4.98 Å². The molecule has 0 atom stereocenters. The number of hydrogen-bond acceptors (Lipinski definition) is 3. The summed E-state index contributed by atoms with van der Waals surface area (Å²) in [6.45, 7) is -0.925. The minimum Gasteiger partial charge on any atom is -0.392 e. The second-order valence-electron chi connectivity index (χ2n) is 2.62. The fourth-order valence-corrected chi connectivity index (χ4v) is 1.08. The van der Waals surface area contributed by atoms with Crippen molar-refractivity contribution in [2.24, 2.45) is 5.73 Å². The number of aliphatic hydroxyl groups excluding tert-OH is 1. The minimum atomic E-state index is -2.98. The Morgan fingerprint density at radius 2 is 2.14 bits per heavy atom. The summed E-state index contributed by atoms with van der Waals surface area (Å²) >= 11 is 0. The van der Waals surface area contributed by atoms with E-state index in [2.05, 4.69) is 4.98 Å². The van der Waals surface area contributed by atoms with Gasteiger partial charge in [-0.1, -0.05) is 0 Å². The lowest BCUT2D eigenvalue weighted by atomic mass is 10.1. The maximum Gasteiger partial charge on any atom is 0.268 e. The summed E-state index contributed by atoms with van der Waals surface area (Å²) in [5, 5.41) is 8.63. The number of alkyl halides is 2. The third kappa shape index (κ3) is 1.85. The number of hydrogen-bond donors (Lipinski definition) is 2. The van der Waals surface area contributed by atoms with Gasteiger partial charge in [-0.05, 0) is 0 Å². The summed E-state index contributed by atoms with van der Waals surface area (Å²) in [5.41, 5.74) is 3.87. The molecule has 78 valence electrons. The number of aliphatic hydroxyl groups is 1. The maximum atomic E-state index is 13.2. The molecule has 0 saturated heterocycles. The Morgan fingerprint density at radius 1 is 1.50 bits per heavy atom. The van der Waals surface area contributed by atoms with Crippen molar-refractivity contribution in [3.63, 3.8) is 0 Å². The van der Waals surface area contributed by atoms with E-state index in [4.69, 9.17) is 10.8 Å². The maximum absolute atomic E-state index is 13.2. The molecule has 1 aromatic rings. The van der Waals surface area contributed by atoms with Crippen LogP contribution in [0.25, 0.3) is 0 Å². The first-order valence-electron chi connectivity index (χ1n) is 3.87. The van der Waals surface area contributed by atoms with Crippen molar-refractivity contribution in [3.8, 4) is 0 Å². The summed E-state index contributed by atoms with van der Waals surface area (Å²) < 4.78 is 38.0. The van der Waals surface area contributed by atoms with Crippen molar-refractivity contribution in [1.29, 1.82) is 0 Å². The van der Waals surface area contributed by atoms with Gasteiger partial charge in [0, 0.05) is 18.3 Å². The third-order valence-electron chi connectivity index (χ3n) is 1.79. The van der Waals surface area contributed by atoms with Crippen molar-refractivity contribution < 1.29 is 18.3 Å². The third-order valence-corrected chi connectivity index (χ3v) is 1.79. The van der Waals surface area contributed by atoms with Crippen molar-refractivity contribution in [2.75, 3.05) is 0 Å². The van der Waals surface area contributed by atoms with E-state index in [0.29, 0.717) is 0 Å². The first-order chi connectivity index (χ1) is 6.61. The molecule has 0 spiro atoms. The zero-order chi connectivity index (χ0) is 10.7. The first-order valence-corrected chi connectivity index (χ1v) is 3.87. The molecule has 1 heterocycles. The lowest BCUT2D eigenvalue weighted by Crippen LogP contribution is -2.09. The Balaban J connectivity index is 3.31. The average Bonchev–Trinajstić information content (AvgIpc) is 2.16. The molecule has 6 heteroatoms. The van der Waals surface area contributed by atoms with E-state index in [1.165, 1.54) is 0 Å². The van der Waals surface area contributed by atoms with Gasteiger partial charge in [-0.15, -0.1) is 0 Å². The fraction of sp³-hybridized carbons (Fsp3) is 0.375. The molecule has 0 aliphatic carbocycles. The molecule has 1 rings (SSSR count). The number of rotatable bonds is 3. The van der Waals surface area contributed by atoms with Gasteiger partial charge in [0.25, 0.3) is 6.43 Å². The van der Waals surface area contributed by atoms with E-state index < -0.39 is 24.4 Å². The SMILES string of the molecule is NCc1ncc(CO)c(F)c1C(F)F. The zero-order valence-electron chi connectivity index (χ0n) is 7.17. The zero-order valence-corrected chi connectivity index (χ0v) is 7.17. The monoisotopic (exact) mass is 206 g/mol. The molecule has 0 bridgehead atoms. The first kappa shape index (κ1) is 10.9. The van der Waals surface area contributed by atoms with Crippen LogP contribution in [0.4, 0.5) is 13.2 Å². The second-order valence-corrected chi connectivity index (χ2v) is 2.62.